The lowest BCUT2D eigenvalue weighted by Gasteiger charge is -2.14. The van der Waals surface area contributed by atoms with Crippen LogP contribution < -0.4 is 5.32 Å². The zero-order chi connectivity index (χ0) is 15.9. The van der Waals surface area contributed by atoms with E-state index >= 15 is 0 Å². The molecule has 118 valence electrons. The first kappa shape index (κ1) is 16.0. The van der Waals surface area contributed by atoms with Crippen molar-refractivity contribution >= 4 is 5.91 Å². The molecule has 0 unspecified atom stereocenters. The van der Waals surface area contributed by atoms with Gasteiger partial charge in [0.2, 0.25) is 0 Å². The monoisotopic (exact) mass is 303 g/mol. The van der Waals surface area contributed by atoms with Crippen LogP contribution in [0, 0.1) is 0 Å². The quantitative estimate of drug-likeness (QED) is 0.629. The molecule has 1 heterocycles. The van der Waals surface area contributed by atoms with Crippen LogP contribution in [0.3, 0.4) is 0 Å². The number of rotatable bonds is 7. The standard InChI is InChI=1S/C16H21N3O3/c1-2-3-6-11(10-20)17-16(22)14-9-13(18-19-14)12-7-4-5-8-15(12)21/h4-5,7-9,11,20-21H,2-3,6,10H2,1H3,(H,17,22)(H,18,19)/t11-/m0/s1. The Morgan fingerprint density at radius 2 is 2.18 bits per heavy atom. The van der Waals surface area contributed by atoms with Gasteiger partial charge in [0.05, 0.1) is 18.3 Å². The van der Waals surface area contributed by atoms with Gasteiger partial charge in [0.1, 0.15) is 11.4 Å². The number of carbonyl (C=O) groups is 1. The number of nitrogens with one attached hydrogen (secondary N) is 2. The predicted molar refractivity (Wildman–Crippen MR) is 83.6 cm³/mol. The lowest BCUT2D eigenvalue weighted by Crippen LogP contribution is -2.37. The first-order valence-corrected chi connectivity index (χ1v) is 7.41. The van der Waals surface area contributed by atoms with E-state index in [-0.39, 0.29) is 24.3 Å². The highest BCUT2D eigenvalue weighted by Gasteiger charge is 2.16. The summed E-state index contributed by atoms with van der Waals surface area (Å²) >= 11 is 0. The third-order valence-electron chi connectivity index (χ3n) is 3.46. The van der Waals surface area contributed by atoms with Gasteiger partial charge in [-0.1, -0.05) is 31.9 Å². The van der Waals surface area contributed by atoms with E-state index in [0.29, 0.717) is 17.0 Å². The molecule has 0 aliphatic rings. The predicted octanol–water partition coefficient (Wildman–Crippen LogP) is 2.06. The summed E-state index contributed by atoms with van der Waals surface area (Å²) in [6.45, 7) is 1.97. The summed E-state index contributed by atoms with van der Waals surface area (Å²) in [6, 6.07) is 8.12. The molecule has 1 atom stereocenters. The topological polar surface area (TPSA) is 98.2 Å². The number of unbranched alkanes of at least 4 members (excludes halogenated alkanes) is 1. The Labute approximate surface area is 129 Å². The molecule has 0 aliphatic carbocycles. The van der Waals surface area contributed by atoms with Crippen molar-refractivity contribution < 1.29 is 15.0 Å². The first-order valence-electron chi connectivity index (χ1n) is 7.41. The molecule has 0 aliphatic heterocycles. The Morgan fingerprint density at radius 1 is 1.41 bits per heavy atom. The minimum absolute atomic E-state index is 0.0911. The Morgan fingerprint density at radius 3 is 2.86 bits per heavy atom. The van der Waals surface area contributed by atoms with Crippen LogP contribution in [0.4, 0.5) is 0 Å². The Bertz CT molecular complexity index is 625. The van der Waals surface area contributed by atoms with Crippen LogP contribution in [-0.4, -0.2) is 39.0 Å². The van der Waals surface area contributed by atoms with Crippen LogP contribution >= 0.6 is 0 Å². The van der Waals surface area contributed by atoms with Crippen molar-refractivity contribution in [3.05, 3.63) is 36.0 Å². The van der Waals surface area contributed by atoms with Crippen molar-refractivity contribution in [2.45, 2.75) is 32.2 Å². The number of aromatic nitrogens is 2. The molecule has 0 fully saturated rings. The summed E-state index contributed by atoms with van der Waals surface area (Å²) in [7, 11) is 0. The molecule has 22 heavy (non-hydrogen) atoms. The number of amides is 1. The van der Waals surface area contributed by atoms with Gasteiger partial charge < -0.3 is 15.5 Å². The van der Waals surface area contributed by atoms with E-state index in [1.807, 2.05) is 0 Å². The number of hydrogen-bond donors (Lipinski definition) is 4. The van der Waals surface area contributed by atoms with Crippen molar-refractivity contribution in [3.8, 4) is 17.0 Å². The van der Waals surface area contributed by atoms with E-state index < -0.39 is 0 Å². The molecule has 0 saturated heterocycles. The fraction of sp³-hybridized carbons (Fsp3) is 0.375. The second kappa shape index (κ2) is 7.61. The third-order valence-corrected chi connectivity index (χ3v) is 3.46. The van der Waals surface area contributed by atoms with Crippen molar-refractivity contribution in [3.63, 3.8) is 0 Å². The molecule has 6 nitrogen and oxygen atoms in total. The summed E-state index contributed by atoms with van der Waals surface area (Å²) in [5.74, 6) is -0.207. The number of aliphatic hydroxyl groups excluding tert-OH is 1. The number of H-pyrrole nitrogens is 1. The van der Waals surface area contributed by atoms with Gasteiger partial charge in [-0.05, 0) is 24.6 Å². The van der Waals surface area contributed by atoms with Crippen molar-refractivity contribution in [2.24, 2.45) is 0 Å². The number of benzene rings is 1. The van der Waals surface area contributed by atoms with Crippen molar-refractivity contribution in [1.29, 1.82) is 0 Å². The molecule has 0 saturated carbocycles. The minimum atomic E-state index is -0.315. The minimum Gasteiger partial charge on any atom is -0.507 e. The maximum absolute atomic E-state index is 12.2. The zero-order valence-electron chi connectivity index (χ0n) is 12.5. The molecule has 2 aromatic rings. The number of aromatic hydroxyl groups is 1. The molecule has 2 rings (SSSR count). The second-order valence-corrected chi connectivity index (χ2v) is 5.18. The maximum atomic E-state index is 12.2. The van der Waals surface area contributed by atoms with Gasteiger partial charge in [-0.2, -0.15) is 5.10 Å². The summed E-state index contributed by atoms with van der Waals surface area (Å²) in [6.07, 6.45) is 2.69. The molecule has 4 N–H and O–H groups in total. The van der Waals surface area contributed by atoms with E-state index in [9.17, 15) is 15.0 Å². The SMILES string of the molecule is CCCC[C@@H](CO)NC(=O)c1cc(-c2ccccc2O)n[nH]1. The van der Waals surface area contributed by atoms with Gasteiger partial charge in [0.15, 0.2) is 0 Å². The fourth-order valence-corrected chi connectivity index (χ4v) is 2.19. The average Bonchev–Trinajstić information content (AvgIpc) is 3.01. The molecular formula is C16H21N3O3. The average molecular weight is 303 g/mol. The molecule has 6 heteroatoms. The normalized spacial score (nSPS) is 12.1. The third kappa shape index (κ3) is 3.85. The van der Waals surface area contributed by atoms with E-state index in [4.69, 9.17) is 0 Å². The number of aliphatic hydroxyl groups is 1. The summed E-state index contributed by atoms with van der Waals surface area (Å²) in [5.41, 5.74) is 1.35. The van der Waals surface area contributed by atoms with Gasteiger partial charge in [-0.15, -0.1) is 0 Å². The van der Waals surface area contributed by atoms with Crippen LogP contribution in [0.5, 0.6) is 5.75 Å². The zero-order valence-corrected chi connectivity index (χ0v) is 12.5. The van der Waals surface area contributed by atoms with Crippen LogP contribution in [0.2, 0.25) is 0 Å². The highest BCUT2D eigenvalue weighted by atomic mass is 16.3. The highest BCUT2D eigenvalue weighted by Crippen LogP contribution is 2.27. The highest BCUT2D eigenvalue weighted by molar-refractivity contribution is 5.93. The number of phenolic OH excluding ortho intramolecular Hbond substituents is 1. The summed E-state index contributed by atoms with van der Waals surface area (Å²) in [5, 5.41) is 28.6. The number of phenols is 1. The van der Waals surface area contributed by atoms with Gasteiger partial charge in [-0.25, -0.2) is 0 Å². The Balaban J connectivity index is 2.07. The van der Waals surface area contributed by atoms with Crippen molar-refractivity contribution in [1.82, 2.24) is 15.5 Å². The smallest absolute Gasteiger partial charge is 0.269 e. The van der Waals surface area contributed by atoms with Crippen molar-refractivity contribution in [2.75, 3.05) is 6.61 Å². The number of carbonyl (C=O) groups excluding carboxylic acids is 1. The molecule has 0 radical (unpaired) electrons. The van der Waals surface area contributed by atoms with E-state index in [0.717, 1.165) is 19.3 Å². The van der Waals surface area contributed by atoms with E-state index in [1.165, 1.54) is 0 Å². The number of nitrogens with zero attached hydrogens (tertiary/aromatic N) is 1. The van der Waals surface area contributed by atoms with Gasteiger partial charge in [0, 0.05) is 5.56 Å². The fourth-order valence-electron chi connectivity index (χ4n) is 2.19. The molecule has 1 aromatic heterocycles. The second-order valence-electron chi connectivity index (χ2n) is 5.18. The first-order chi connectivity index (χ1) is 10.7. The molecule has 0 bridgehead atoms. The Hall–Kier alpha value is -2.34. The van der Waals surface area contributed by atoms with E-state index in [1.54, 1.807) is 30.3 Å². The molecule has 1 aromatic carbocycles. The van der Waals surface area contributed by atoms with Gasteiger partial charge in [-0.3, -0.25) is 9.89 Å². The summed E-state index contributed by atoms with van der Waals surface area (Å²) < 4.78 is 0. The van der Waals surface area contributed by atoms with E-state index in [2.05, 4.69) is 22.4 Å². The summed E-state index contributed by atoms with van der Waals surface area (Å²) in [4.78, 5) is 12.2. The van der Waals surface area contributed by atoms with Crippen LogP contribution in [-0.2, 0) is 0 Å². The number of hydrogen-bond acceptors (Lipinski definition) is 4. The molecule has 0 spiro atoms. The van der Waals surface area contributed by atoms with Gasteiger partial charge >= 0.3 is 0 Å². The van der Waals surface area contributed by atoms with Crippen LogP contribution in [0.15, 0.2) is 30.3 Å². The van der Waals surface area contributed by atoms with Crippen LogP contribution in [0.1, 0.15) is 36.7 Å². The van der Waals surface area contributed by atoms with Crippen LogP contribution in [0.25, 0.3) is 11.3 Å². The lowest BCUT2D eigenvalue weighted by atomic mass is 10.1. The maximum Gasteiger partial charge on any atom is 0.269 e. The molecular weight excluding hydrogens is 282 g/mol. The van der Waals surface area contributed by atoms with Gasteiger partial charge in [0.25, 0.3) is 5.91 Å². The lowest BCUT2D eigenvalue weighted by molar-refractivity contribution is 0.0907. The molecule has 1 amide bonds. The largest absolute Gasteiger partial charge is 0.507 e. The Kier molecular flexibility index (Phi) is 5.55. The number of aromatic amines is 1. The number of para-hydroxylation sites is 1.